The van der Waals surface area contributed by atoms with E-state index in [4.69, 9.17) is 0 Å². The Balaban J connectivity index is 1.38. The van der Waals surface area contributed by atoms with Crippen LogP contribution in [0.15, 0.2) is 60.9 Å². The van der Waals surface area contributed by atoms with Gasteiger partial charge in [0.05, 0.1) is 11.1 Å². The van der Waals surface area contributed by atoms with E-state index < -0.39 is 29.7 Å². The molecule has 4 aromatic rings. The summed E-state index contributed by atoms with van der Waals surface area (Å²) in [5.74, 6) is -2.30. The maximum atomic E-state index is 14.0. The van der Waals surface area contributed by atoms with Gasteiger partial charge in [0, 0.05) is 23.5 Å². The highest BCUT2D eigenvalue weighted by Gasteiger charge is 2.40. The number of anilines is 1. The number of carbonyl (C=O) groups excluding carboxylic acids is 3. The van der Waals surface area contributed by atoms with Crippen LogP contribution >= 0.6 is 0 Å². The van der Waals surface area contributed by atoms with Gasteiger partial charge in [0.2, 0.25) is 17.8 Å². The van der Waals surface area contributed by atoms with Gasteiger partial charge in [-0.15, -0.1) is 5.10 Å². The molecule has 9 nitrogen and oxygen atoms in total. The van der Waals surface area contributed by atoms with Crippen molar-refractivity contribution in [3.63, 3.8) is 0 Å². The Hall–Kier alpha value is -4.47. The molecule has 4 heterocycles. The second-order valence-corrected chi connectivity index (χ2v) is 7.19. The van der Waals surface area contributed by atoms with Crippen molar-refractivity contribution in [3.8, 4) is 11.1 Å². The number of nitrogens with one attached hydrogen (secondary N) is 1. The van der Waals surface area contributed by atoms with Crippen molar-refractivity contribution < 1.29 is 18.8 Å². The molecule has 32 heavy (non-hydrogen) atoms. The number of amides is 3. The highest BCUT2D eigenvalue weighted by Crippen LogP contribution is 2.25. The number of aromatic nitrogens is 4. The fourth-order valence-corrected chi connectivity index (χ4v) is 3.59. The van der Waals surface area contributed by atoms with Gasteiger partial charge in [-0.2, -0.15) is 9.37 Å². The number of imide groups is 1. The molecule has 1 atom stereocenters. The maximum absolute atomic E-state index is 14.0. The Labute approximate surface area is 180 Å². The van der Waals surface area contributed by atoms with Crippen LogP contribution in [0, 0.1) is 5.95 Å². The van der Waals surface area contributed by atoms with Crippen LogP contribution in [0.5, 0.6) is 0 Å². The molecule has 0 aliphatic carbocycles. The van der Waals surface area contributed by atoms with E-state index >= 15 is 0 Å². The molecular formula is C22H15FN6O3. The second kappa shape index (κ2) is 7.34. The summed E-state index contributed by atoms with van der Waals surface area (Å²) in [5, 5.41) is 6.73. The molecule has 0 fully saturated rings. The number of hydrogen-bond donors (Lipinski definition) is 1. The average molecular weight is 430 g/mol. The third kappa shape index (κ3) is 3.09. The summed E-state index contributed by atoms with van der Waals surface area (Å²) in [4.78, 5) is 46.7. The average Bonchev–Trinajstić information content (AvgIpc) is 3.31. The molecule has 0 saturated heterocycles. The molecule has 0 bridgehead atoms. The van der Waals surface area contributed by atoms with Crippen LogP contribution in [0.2, 0.25) is 0 Å². The number of pyridine rings is 2. The first-order valence-electron chi connectivity index (χ1n) is 9.69. The van der Waals surface area contributed by atoms with E-state index in [2.05, 4.69) is 20.4 Å². The van der Waals surface area contributed by atoms with Gasteiger partial charge in [-0.1, -0.05) is 12.1 Å². The lowest BCUT2D eigenvalue weighted by atomic mass is 10.1. The zero-order valence-electron chi connectivity index (χ0n) is 16.7. The summed E-state index contributed by atoms with van der Waals surface area (Å²) in [6.07, 6.45) is 2.92. The topological polar surface area (TPSA) is 110 Å². The van der Waals surface area contributed by atoms with E-state index in [1.54, 1.807) is 54.7 Å². The summed E-state index contributed by atoms with van der Waals surface area (Å²) in [7, 11) is 0. The lowest BCUT2D eigenvalue weighted by Gasteiger charge is -2.20. The highest BCUT2D eigenvalue weighted by atomic mass is 19.1. The predicted molar refractivity (Wildman–Crippen MR) is 111 cm³/mol. The fraction of sp³-hybridized carbons (Fsp3) is 0.0909. The Morgan fingerprint density at radius 3 is 2.38 bits per heavy atom. The lowest BCUT2D eigenvalue weighted by molar-refractivity contribution is -0.119. The predicted octanol–water partition coefficient (Wildman–Crippen LogP) is 2.55. The molecule has 158 valence electrons. The first-order valence-corrected chi connectivity index (χ1v) is 9.69. The molecule has 1 aliphatic rings. The largest absolute Gasteiger partial charge is 0.291 e. The normalized spacial score (nSPS) is 14.0. The molecule has 3 amide bonds. The molecule has 1 aliphatic heterocycles. The number of rotatable bonds is 4. The highest BCUT2D eigenvalue weighted by molar-refractivity contribution is 6.23. The van der Waals surface area contributed by atoms with E-state index in [-0.39, 0.29) is 17.1 Å². The third-order valence-corrected chi connectivity index (χ3v) is 5.23. The molecular weight excluding hydrogens is 415 g/mol. The van der Waals surface area contributed by atoms with E-state index in [9.17, 15) is 18.8 Å². The Kier molecular flexibility index (Phi) is 4.47. The number of benzene rings is 1. The number of halogens is 1. The van der Waals surface area contributed by atoms with Gasteiger partial charge in [0.1, 0.15) is 6.04 Å². The monoisotopic (exact) mass is 430 g/mol. The van der Waals surface area contributed by atoms with Crippen molar-refractivity contribution in [1.29, 1.82) is 0 Å². The van der Waals surface area contributed by atoms with Crippen LogP contribution in [0.3, 0.4) is 0 Å². The van der Waals surface area contributed by atoms with Crippen LogP contribution in [0.25, 0.3) is 16.8 Å². The van der Waals surface area contributed by atoms with E-state index in [1.807, 2.05) is 0 Å². The van der Waals surface area contributed by atoms with Crippen LogP contribution < -0.4 is 5.32 Å². The van der Waals surface area contributed by atoms with Crippen molar-refractivity contribution in [1.82, 2.24) is 24.5 Å². The summed E-state index contributed by atoms with van der Waals surface area (Å²) in [5.41, 5.74) is 1.78. The Morgan fingerprint density at radius 1 is 1.00 bits per heavy atom. The minimum absolute atomic E-state index is 0.0118. The Morgan fingerprint density at radius 2 is 1.69 bits per heavy atom. The minimum Gasteiger partial charge on any atom is -0.291 e. The fourth-order valence-electron chi connectivity index (χ4n) is 3.59. The summed E-state index contributed by atoms with van der Waals surface area (Å²) in [6, 6.07) is 11.8. The molecule has 3 aromatic heterocycles. The zero-order chi connectivity index (χ0) is 22.4. The first kappa shape index (κ1) is 19.5. The standard InChI is InChI=1S/C22H15FN6O3/c1-12(29-20(31)15-5-2-3-6-16(15)21(29)32)19(30)26-22-25-17-9-8-13(11-28(17)27-22)14-7-4-10-24-18(14)23/h2-12H,1H3,(H,26,27,30)/t12-/m1/s1. The first-order chi connectivity index (χ1) is 15.4. The molecule has 1 aromatic carbocycles. The van der Waals surface area contributed by atoms with E-state index in [0.29, 0.717) is 16.8 Å². The second-order valence-electron chi connectivity index (χ2n) is 7.19. The molecule has 10 heteroatoms. The molecule has 5 rings (SSSR count). The summed E-state index contributed by atoms with van der Waals surface area (Å²) in [6.45, 7) is 1.45. The summed E-state index contributed by atoms with van der Waals surface area (Å²) < 4.78 is 15.4. The van der Waals surface area contributed by atoms with Gasteiger partial charge in [0.25, 0.3) is 11.8 Å². The molecule has 1 N–H and O–H groups in total. The van der Waals surface area contributed by atoms with Crippen LogP contribution in [0.4, 0.5) is 10.3 Å². The van der Waals surface area contributed by atoms with E-state index in [0.717, 1.165) is 4.90 Å². The van der Waals surface area contributed by atoms with Crippen molar-refractivity contribution in [3.05, 3.63) is 78.0 Å². The number of hydrogen-bond acceptors (Lipinski definition) is 6. The van der Waals surface area contributed by atoms with Crippen molar-refractivity contribution >= 4 is 29.3 Å². The van der Waals surface area contributed by atoms with Crippen molar-refractivity contribution in [2.24, 2.45) is 0 Å². The molecule has 0 spiro atoms. The third-order valence-electron chi connectivity index (χ3n) is 5.23. The van der Waals surface area contributed by atoms with Gasteiger partial charge in [0.15, 0.2) is 5.65 Å². The number of nitrogens with zero attached hydrogens (tertiary/aromatic N) is 5. The molecule has 0 unspecified atom stereocenters. The quantitative estimate of drug-likeness (QED) is 0.394. The minimum atomic E-state index is -1.07. The van der Waals surface area contributed by atoms with Crippen molar-refractivity contribution in [2.45, 2.75) is 13.0 Å². The zero-order valence-corrected chi connectivity index (χ0v) is 16.7. The maximum Gasteiger partial charge on any atom is 0.262 e. The van der Waals surface area contributed by atoms with Gasteiger partial charge in [-0.05, 0) is 43.3 Å². The Bertz CT molecular complexity index is 1380. The van der Waals surface area contributed by atoms with E-state index in [1.165, 1.54) is 17.6 Å². The lowest BCUT2D eigenvalue weighted by Crippen LogP contribution is -2.45. The molecule has 0 saturated carbocycles. The smallest absolute Gasteiger partial charge is 0.262 e. The van der Waals surface area contributed by atoms with Gasteiger partial charge in [-0.3, -0.25) is 24.6 Å². The molecule has 0 radical (unpaired) electrons. The van der Waals surface area contributed by atoms with Gasteiger partial charge >= 0.3 is 0 Å². The van der Waals surface area contributed by atoms with Gasteiger partial charge in [-0.25, -0.2) is 9.50 Å². The van der Waals surface area contributed by atoms with Crippen LogP contribution in [-0.4, -0.2) is 48.2 Å². The van der Waals surface area contributed by atoms with Gasteiger partial charge < -0.3 is 0 Å². The van der Waals surface area contributed by atoms with Crippen LogP contribution in [0.1, 0.15) is 27.6 Å². The van der Waals surface area contributed by atoms with Crippen LogP contribution in [-0.2, 0) is 4.79 Å². The van der Waals surface area contributed by atoms with Crippen molar-refractivity contribution in [2.75, 3.05) is 5.32 Å². The summed E-state index contributed by atoms with van der Waals surface area (Å²) >= 11 is 0. The number of carbonyl (C=O) groups is 3. The SMILES string of the molecule is C[C@H](C(=O)Nc1nc2ccc(-c3cccnc3F)cn2n1)N1C(=O)c2ccccc2C1=O. The number of fused-ring (bicyclic) bond motifs is 2.